The van der Waals surface area contributed by atoms with E-state index < -0.39 is 0 Å². The van der Waals surface area contributed by atoms with Crippen LogP contribution in [0, 0.1) is 6.92 Å². The smallest absolute Gasteiger partial charge is 0.0346 e. The highest BCUT2D eigenvalue weighted by atomic mass is 15.1. The van der Waals surface area contributed by atoms with Crippen LogP contribution in [0.4, 0.5) is 5.69 Å². The summed E-state index contributed by atoms with van der Waals surface area (Å²) in [5.41, 5.74) is 9.32. The Kier molecular flexibility index (Phi) is 2.55. The summed E-state index contributed by atoms with van der Waals surface area (Å²) in [4.78, 5) is 2.39. The molecule has 2 rings (SSSR count). The molecule has 2 N–H and O–H groups in total. The minimum atomic E-state index is 0.898. The van der Waals surface area contributed by atoms with E-state index in [9.17, 15) is 0 Å². The molecule has 74 valence electrons. The SMILES string of the molecule is Cc1c(N)cccc1CN1CC=CC1. The number of hydrogen-bond donors (Lipinski definition) is 1. The fourth-order valence-corrected chi connectivity index (χ4v) is 1.77. The van der Waals surface area contributed by atoms with Crippen molar-refractivity contribution in [3.05, 3.63) is 41.5 Å². The molecule has 1 aromatic carbocycles. The van der Waals surface area contributed by atoms with Gasteiger partial charge in [-0.25, -0.2) is 0 Å². The van der Waals surface area contributed by atoms with E-state index >= 15 is 0 Å². The van der Waals surface area contributed by atoms with Crippen molar-refractivity contribution in [3.8, 4) is 0 Å². The normalized spacial score (nSPS) is 16.4. The molecule has 0 bridgehead atoms. The zero-order chi connectivity index (χ0) is 9.97. The predicted octanol–water partition coefficient (Wildman–Crippen LogP) is 1.95. The van der Waals surface area contributed by atoms with E-state index in [2.05, 4.69) is 30.0 Å². The fraction of sp³-hybridized carbons (Fsp3) is 0.333. The predicted molar refractivity (Wildman–Crippen MR) is 60.0 cm³/mol. The Morgan fingerprint density at radius 3 is 2.71 bits per heavy atom. The van der Waals surface area contributed by atoms with Gasteiger partial charge in [-0.05, 0) is 24.1 Å². The van der Waals surface area contributed by atoms with Gasteiger partial charge in [-0.1, -0.05) is 24.3 Å². The number of rotatable bonds is 2. The van der Waals surface area contributed by atoms with Gasteiger partial charge in [-0.15, -0.1) is 0 Å². The quantitative estimate of drug-likeness (QED) is 0.567. The lowest BCUT2D eigenvalue weighted by atomic mass is 10.1. The van der Waals surface area contributed by atoms with Gasteiger partial charge in [0.2, 0.25) is 0 Å². The van der Waals surface area contributed by atoms with E-state index in [0.717, 1.165) is 25.3 Å². The minimum absolute atomic E-state index is 0.898. The van der Waals surface area contributed by atoms with Crippen LogP contribution in [0.5, 0.6) is 0 Å². The van der Waals surface area contributed by atoms with E-state index in [1.165, 1.54) is 11.1 Å². The van der Waals surface area contributed by atoms with Crippen molar-refractivity contribution in [1.29, 1.82) is 0 Å². The second-order valence-electron chi connectivity index (χ2n) is 3.80. The van der Waals surface area contributed by atoms with E-state index in [-0.39, 0.29) is 0 Å². The molecule has 1 aliphatic heterocycles. The van der Waals surface area contributed by atoms with Crippen molar-refractivity contribution >= 4 is 5.69 Å². The van der Waals surface area contributed by atoms with Crippen LogP contribution in [0.1, 0.15) is 11.1 Å². The molecule has 2 heteroatoms. The molecule has 0 radical (unpaired) electrons. The average molecular weight is 188 g/mol. The summed E-state index contributed by atoms with van der Waals surface area (Å²) >= 11 is 0. The topological polar surface area (TPSA) is 29.3 Å². The first kappa shape index (κ1) is 9.28. The highest BCUT2D eigenvalue weighted by Crippen LogP contribution is 2.18. The van der Waals surface area contributed by atoms with Gasteiger partial charge in [0.15, 0.2) is 0 Å². The highest BCUT2D eigenvalue weighted by molar-refractivity contribution is 5.49. The molecule has 0 unspecified atom stereocenters. The molecule has 0 aliphatic carbocycles. The monoisotopic (exact) mass is 188 g/mol. The van der Waals surface area contributed by atoms with Crippen LogP contribution in [0.25, 0.3) is 0 Å². The molecule has 0 aromatic heterocycles. The van der Waals surface area contributed by atoms with Gasteiger partial charge in [-0.3, -0.25) is 4.90 Å². The van der Waals surface area contributed by atoms with Gasteiger partial charge in [0.05, 0.1) is 0 Å². The number of benzene rings is 1. The Hall–Kier alpha value is -1.28. The lowest BCUT2D eigenvalue weighted by Crippen LogP contribution is -2.19. The first-order chi connectivity index (χ1) is 6.77. The van der Waals surface area contributed by atoms with Crippen LogP contribution in [0.2, 0.25) is 0 Å². The third-order valence-corrected chi connectivity index (χ3v) is 2.78. The van der Waals surface area contributed by atoms with Crippen molar-refractivity contribution in [3.63, 3.8) is 0 Å². The summed E-state index contributed by atoms with van der Waals surface area (Å²) in [6.07, 6.45) is 4.42. The Balaban J connectivity index is 2.12. The molecule has 1 aliphatic rings. The van der Waals surface area contributed by atoms with Crippen LogP contribution in [-0.4, -0.2) is 18.0 Å². The Bertz CT molecular complexity index is 347. The molecular formula is C12H16N2. The van der Waals surface area contributed by atoms with Crippen LogP contribution >= 0.6 is 0 Å². The lowest BCUT2D eigenvalue weighted by molar-refractivity contribution is 0.344. The molecule has 2 nitrogen and oxygen atoms in total. The summed E-state index contributed by atoms with van der Waals surface area (Å²) in [5, 5.41) is 0. The van der Waals surface area contributed by atoms with Crippen LogP contribution in [-0.2, 0) is 6.54 Å². The van der Waals surface area contributed by atoms with Crippen molar-refractivity contribution in [2.24, 2.45) is 0 Å². The number of nitrogens with zero attached hydrogens (tertiary/aromatic N) is 1. The largest absolute Gasteiger partial charge is 0.399 e. The summed E-state index contributed by atoms with van der Waals surface area (Å²) in [6.45, 7) is 5.22. The Labute approximate surface area is 85.0 Å². The lowest BCUT2D eigenvalue weighted by Gasteiger charge is -2.17. The van der Waals surface area contributed by atoms with Crippen molar-refractivity contribution < 1.29 is 0 Å². The van der Waals surface area contributed by atoms with Crippen LogP contribution < -0.4 is 5.73 Å². The van der Waals surface area contributed by atoms with Gasteiger partial charge < -0.3 is 5.73 Å². The standard InChI is InChI=1S/C12H16N2/c1-10-11(5-4-6-12(10)13)9-14-7-2-3-8-14/h2-6H,7-9,13H2,1H3. The molecule has 0 fully saturated rings. The van der Waals surface area contributed by atoms with Crippen LogP contribution in [0.3, 0.4) is 0 Å². The van der Waals surface area contributed by atoms with Gasteiger partial charge in [0, 0.05) is 25.3 Å². The van der Waals surface area contributed by atoms with E-state index in [1.807, 2.05) is 12.1 Å². The van der Waals surface area contributed by atoms with E-state index in [0.29, 0.717) is 0 Å². The number of hydrogen-bond acceptors (Lipinski definition) is 2. The first-order valence-corrected chi connectivity index (χ1v) is 4.98. The van der Waals surface area contributed by atoms with Crippen molar-refractivity contribution in [2.45, 2.75) is 13.5 Å². The Morgan fingerprint density at radius 1 is 1.29 bits per heavy atom. The fourth-order valence-electron chi connectivity index (χ4n) is 1.77. The number of nitrogens with two attached hydrogens (primary N) is 1. The maximum atomic E-state index is 5.86. The second kappa shape index (κ2) is 3.84. The first-order valence-electron chi connectivity index (χ1n) is 4.98. The minimum Gasteiger partial charge on any atom is -0.399 e. The zero-order valence-corrected chi connectivity index (χ0v) is 8.53. The summed E-state index contributed by atoms with van der Waals surface area (Å²) in [6, 6.07) is 6.15. The van der Waals surface area contributed by atoms with Gasteiger partial charge in [-0.2, -0.15) is 0 Å². The average Bonchev–Trinajstić information content (AvgIpc) is 2.66. The van der Waals surface area contributed by atoms with Crippen molar-refractivity contribution in [2.75, 3.05) is 18.8 Å². The Morgan fingerprint density at radius 2 is 2.00 bits per heavy atom. The van der Waals surface area contributed by atoms with Gasteiger partial charge in [0.1, 0.15) is 0 Å². The van der Waals surface area contributed by atoms with Gasteiger partial charge in [0.25, 0.3) is 0 Å². The third-order valence-electron chi connectivity index (χ3n) is 2.78. The third kappa shape index (κ3) is 1.80. The molecule has 0 amide bonds. The van der Waals surface area contributed by atoms with E-state index in [4.69, 9.17) is 5.73 Å². The number of anilines is 1. The maximum absolute atomic E-state index is 5.86. The summed E-state index contributed by atoms with van der Waals surface area (Å²) < 4.78 is 0. The molecule has 0 saturated carbocycles. The summed E-state index contributed by atoms with van der Waals surface area (Å²) in [7, 11) is 0. The second-order valence-corrected chi connectivity index (χ2v) is 3.80. The molecule has 1 heterocycles. The van der Waals surface area contributed by atoms with E-state index in [1.54, 1.807) is 0 Å². The molecule has 0 saturated heterocycles. The highest BCUT2D eigenvalue weighted by Gasteiger charge is 2.09. The van der Waals surface area contributed by atoms with Crippen LogP contribution in [0.15, 0.2) is 30.4 Å². The summed E-state index contributed by atoms with van der Waals surface area (Å²) in [5.74, 6) is 0. The molecule has 0 atom stereocenters. The molecule has 0 spiro atoms. The molecule has 14 heavy (non-hydrogen) atoms. The van der Waals surface area contributed by atoms with Crippen molar-refractivity contribution in [1.82, 2.24) is 4.90 Å². The molecular weight excluding hydrogens is 172 g/mol. The maximum Gasteiger partial charge on any atom is 0.0346 e. The zero-order valence-electron chi connectivity index (χ0n) is 8.53. The van der Waals surface area contributed by atoms with Gasteiger partial charge >= 0.3 is 0 Å². The number of nitrogen functional groups attached to an aromatic ring is 1. The molecule has 1 aromatic rings.